The molecule has 0 spiro atoms. The van der Waals surface area contributed by atoms with Crippen molar-refractivity contribution >= 4 is 23.9 Å². The number of aliphatic imine (C=N–C) groups is 1. The summed E-state index contributed by atoms with van der Waals surface area (Å²) in [5, 5.41) is 7.99. The maximum absolute atomic E-state index is 10.2. The smallest absolute Gasteiger partial charge is 0.305 e. The summed E-state index contributed by atoms with van der Waals surface area (Å²) in [5.41, 5.74) is 0. The highest BCUT2D eigenvalue weighted by atomic mass is 16.4. The summed E-state index contributed by atoms with van der Waals surface area (Å²) in [6.45, 7) is 3.28. The molecule has 0 aromatic heterocycles. The number of amides is 1. The van der Waals surface area contributed by atoms with E-state index < -0.39 is 5.97 Å². The number of hydrogen-bond donors (Lipinski definition) is 1. The second-order valence-electron chi connectivity index (χ2n) is 2.83. The van der Waals surface area contributed by atoms with Gasteiger partial charge in [-0.15, -0.1) is 0 Å². The van der Waals surface area contributed by atoms with Gasteiger partial charge in [0, 0.05) is 6.08 Å². The van der Waals surface area contributed by atoms with Crippen molar-refractivity contribution in [3.63, 3.8) is 0 Å². The van der Waals surface area contributed by atoms with Crippen LogP contribution in [0.5, 0.6) is 0 Å². The van der Waals surface area contributed by atoms with Crippen molar-refractivity contribution in [1.29, 1.82) is 0 Å². The third kappa shape index (κ3) is 5.82. The number of allylic oxidation sites excluding steroid dienone is 1. The Hall–Kier alpha value is -1.78. The third-order valence-corrected chi connectivity index (χ3v) is 1.20. The van der Waals surface area contributed by atoms with Crippen LogP contribution in [0.25, 0.3) is 0 Å². The van der Waals surface area contributed by atoms with Crippen LogP contribution in [0.2, 0.25) is 0 Å². The van der Waals surface area contributed by atoms with Crippen molar-refractivity contribution in [3.8, 4) is 0 Å². The van der Waals surface area contributed by atoms with Crippen LogP contribution >= 0.6 is 0 Å². The molecule has 0 aromatic rings. The number of nitrogens with zero attached hydrogens (tertiary/aromatic N) is 1. The first-order valence-electron chi connectivity index (χ1n) is 3.96. The zero-order chi connectivity index (χ0) is 11.1. The Morgan fingerprint density at radius 3 is 2.07 bits per heavy atom. The molecular weight excluding hydrogens is 186 g/mol. The molecule has 0 atom stereocenters. The molecular formula is C9H11NO4. The van der Waals surface area contributed by atoms with Gasteiger partial charge in [0.25, 0.3) is 5.91 Å². The Morgan fingerprint density at radius 1 is 1.36 bits per heavy atom. The fourth-order valence-electron chi connectivity index (χ4n) is 0.367. The number of aliphatic carboxylic acids is 1. The molecule has 5 heteroatoms. The van der Waals surface area contributed by atoms with E-state index in [0.29, 0.717) is 0 Å². The molecule has 0 unspecified atom stereocenters. The summed E-state index contributed by atoms with van der Waals surface area (Å²) >= 11 is 0. The van der Waals surface area contributed by atoms with Crippen LogP contribution < -0.4 is 0 Å². The zero-order valence-electron chi connectivity index (χ0n) is 7.93. The second-order valence-corrected chi connectivity index (χ2v) is 2.83. The highest BCUT2D eigenvalue weighted by Crippen LogP contribution is 1.87. The summed E-state index contributed by atoms with van der Waals surface area (Å²) in [6.07, 6.45) is 3.33. The Labute approximate surface area is 81.1 Å². The fourth-order valence-corrected chi connectivity index (χ4v) is 0.367. The quantitative estimate of drug-likeness (QED) is 0.661. The van der Waals surface area contributed by atoms with Crippen LogP contribution in [0.1, 0.15) is 13.8 Å². The molecule has 76 valence electrons. The van der Waals surface area contributed by atoms with Gasteiger partial charge in [-0.05, 0) is 6.08 Å². The molecule has 1 aliphatic heterocycles. The molecule has 1 N–H and O–H groups in total. The maximum atomic E-state index is 10.2. The molecule has 5 nitrogen and oxygen atoms in total. The first kappa shape index (κ1) is 12.2. The fraction of sp³-hybridized carbons (Fsp3) is 0.333. The van der Waals surface area contributed by atoms with Gasteiger partial charge in [-0.3, -0.25) is 14.4 Å². The molecule has 1 heterocycles. The summed E-state index contributed by atoms with van der Waals surface area (Å²) in [7, 11) is 0. The van der Waals surface area contributed by atoms with Gasteiger partial charge in [-0.2, -0.15) is 0 Å². The van der Waals surface area contributed by atoms with Crippen molar-refractivity contribution < 1.29 is 19.5 Å². The highest BCUT2D eigenvalue weighted by Gasteiger charge is 1.99. The summed E-state index contributed by atoms with van der Waals surface area (Å²) in [4.78, 5) is 33.3. The monoisotopic (exact) mass is 197 g/mol. The lowest BCUT2D eigenvalue weighted by Crippen LogP contribution is -2.03. The molecule has 1 rings (SSSR count). The minimum absolute atomic E-state index is 0.231. The van der Waals surface area contributed by atoms with Crippen molar-refractivity contribution in [3.05, 3.63) is 12.2 Å². The first-order valence-corrected chi connectivity index (χ1v) is 3.96. The predicted octanol–water partition coefficient (Wildman–Crippen LogP) is 0.450. The molecule has 0 fully saturated rings. The Balaban J connectivity index is 0.000000255. The molecule has 0 bridgehead atoms. The lowest BCUT2D eigenvalue weighted by Gasteiger charge is -1.89. The maximum Gasteiger partial charge on any atom is 0.305 e. The van der Waals surface area contributed by atoms with Crippen LogP contribution in [-0.2, 0) is 14.4 Å². The molecule has 0 aromatic carbocycles. The van der Waals surface area contributed by atoms with E-state index in [1.165, 1.54) is 6.08 Å². The van der Waals surface area contributed by atoms with Crippen molar-refractivity contribution in [2.24, 2.45) is 10.9 Å². The summed E-state index contributed by atoms with van der Waals surface area (Å²) in [5.74, 6) is -1.57. The van der Waals surface area contributed by atoms with Crippen LogP contribution in [0.15, 0.2) is 17.1 Å². The topological polar surface area (TPSA) is 83.8 Å². The molecule has 14 heavy (non-hydrogen) atoms. The van der Waals surface area contributed by atoms with Crippen molar-refractivity contribution in [2.45, 2.75) is 13.8 Å². The Morgan fingerprint density at radius 2 is 1.86 bits per heavy atom. The standard InChI is InChI=1S/C5H3NO2.C4H8O2/c7-4-1-2-5(8)6-3-4;1-3(2)4(5)6/h1-3H;3H,1-2H3,(H,5,6). The molecule has 0 radical (unpaired) electrons. The zero-order valence-corrected chi connectivity index (χ0v) is 7.93. The third-order valence-electron chi connectivity index (χ3n) is 1.20. The Kier molecular flexibility index (Phi) is 5.06. The van der Waals surface area contributed by atoms with Gasteiger partial charge in [-0.1, -0.05) is 13.8 Å². The van der Waals surface area contributed by atoms with Gasteiger partial charge in [0.2, 0.25) is 0 Å². The van der Waals surface area contributed by atoms with Gasteiger partial charge in [0.1, 0.15) is 0 Å². The average molecular weight is 197 g/mol. The van der Waals surface area contributed by atoms with E-state index in [2.05, 4.69) is 4.99 Å². The van der Waals surface area contributed by atoms with Gasteiger partial charge >= 0.3 is 5.97 Å². The van der Waals surface area contributed by atoms with Crippen LogP contribution in [0.3, 0.4) is 0 Å². The second kappa shape index (κ2) is 5.80. The van der Waals surface area contributed by atoms with E-state index in [0.717, 1.165) is 12.3 Å². The lowest BCUT2D eigenvalue weighted by molar-refractivity contribution is -0.140. The van der Waals surface area contributed by atoms with E-state index >= 15 is 0 Å². The number of dihydropyridines is 1. The average Bonchev–Trinajstić information content (AvgIpc) is 2.11. The summed E-state index contributed by atoms with van der Waals surface area (Å²) in [6, 6.07) is 0. The van der Waals surface area contributed by atoms with Gasteiger partial charge in [0.05, 0.1) is 12.1 Å². The first-order chi connectivity index (χ1) is 6.43. The number of rotatable bonds is 1. The normalized spacial score (nSPS) is 13.9. The van der Waals surface area contributed by atoms with E-state index in [1.54, 1.807) is 13.8 Å². The molecule has 1 aliphatic rings. The number of ketones is 1. The van der Waals surface area contributed by atoms with Crippen LogP contribution in [0, 0.1) is 5.92 Å². The van der Waals surface area contributed by atoms with Crippen LogP contribution in [-0.4, -0.2) is 29.0 Å². The molecule has 0 saturated carbocycles. The van der Waals surface area contributed by atoms with Crippen molar-refractivity contribution in [1.82, 2.24) is 0 Å². The number of carboxylic acid groups (broad SMARTS) is 1. The summed E-state index contributed by atoms with van der Waals surface area (Å²) < 4.78 is 0. The SMILES string of the molecule is CC(C)C(=O)O.O=C1C=CC(=O)N=C1. The van der Waals surface area contributed by atoms with E-state index in [1.807, 2.05) is 0 Å². The van der Waals surface area contributed by atoms with Gasteiger partial charge in [-0.25, -0.2) is 4.99 Å². The highest BCUT2D eigenvalue weighted by molar-refractivity contribution is 6.37. The largest absolute Gasteiger partial charge is 0.481 e. The molecule has 0 saturated heterocycles. The molecule has 1 amide bonds. The van der Waals surface area contributed by atoms with E-state index in [9.17, 15) is 14.4 Å². The number of carbonyl (C=O) groups is 3. The number of carboxylic acids is 1. The number of carbonyl (C=O) groups excluding carboxylic acids is 2. The van der Waals surface area contributed by atoms with Crippen molar-refractivity contribution in [2.75, 3.05) is 0 Å². The lowest BCUT2D eigenvalue weighted by atomic mass is 10.2. The predicted molar refractivity (Wildman–Crippen MR) is 50.1 cm³/mol. The van der Waals surface area contributed by atoms with Crippen LogP contribution in [0.4, 0.5) is 0 Å². The number of hydrogen-bond acceptors (Lipinski definition) is 3. The molecule has 0 aliphatic carbocycles. The van der Waals surface area contributed by atoms with Gasteiger partial charge < -0.3 is 5.11 Å². The minimum atomic E-state index is -0.741. The minimum Gasteiger partial charge on any atom is -0.481 e. The van der Waals surface area contributed by atoms with Gasteiger partial charge in [0.15, 0.2) is 5.78 Å². The van der Waals surface area contributed by atoms with E-state index in [-0.39, 0.29) is 17.6 Å². The Bertz CT molecular complexity index is 264. The van der Waals surface area contributed by atoms with E-state index in [4.69, 9.17) is 5.11 Å².